The molecule has 0 saturated carbocycles. The van der Waals surface area contributed by atoms with Gasteiger partial charge in [-0.05, 0) is 74.2 Å². The molecule has 0 saturated heterocycles. The van der Waals surface area contributed by atoms with E-state index in [2.05, 4.69) is 109 Å². The molecule has 0 amide bonds. The molecule has 0 N–H and O–H groups in total. The van der Waals surface area contributed by atoms with Gasteiger partial charge >= 0.3 is 0 Å². The Kier molecular flexibility index (Phi) is 6.84. The van der Waals surface area contributed by atoms with E-state index in [0.29, 0.717) is 0 Å². The van der Waals surface area contributed by atoms with Crippen molar-refractivity contribution < 1.29 is 9.47 Å². The van der Waals surface area contributed by atoms with Gasteiger partial charge in [0.25, 0.3) is 0 Å². The highest BCUT2D eigenvalue weighted by molar-refractivity contribution is 5.60. The van der Waals surface area contributed by atoms with Gasteiger partial charge in [0.05, 0.1) is 17.6 Å². The number of ether oxygens (including phenoxy) is 2. The fraction of sp³-hybridized carbons (Fsp3) is 0.226. The van der Waals surface area contributed by atoms with Crippen molar-refractivity contribution in [2.45, 2.75) is 45.3 Å². The molecule has 0 atom stereocenters. The molecule has 33 heavy (non-hydrogen) atoms. The Labute approximate surface area is 197 Å². The minimum atomic E-state index is -0.477. The van der Waals surface area contributed by atoms with Crippen LogP contribution in [0.25, 0.3) is 0 Å². The summed E-state index contributed by atoms with van der Waals surface area (Å²) in [5, 5.41) is 0. The Balaban J connectivity index is 1.96. The second-order valence-corrected chi connectivity index (χ2v) is 8.86. The van der Waals surface area contributed by atoms with Crippen molar-refractivity contribution in [3.8, 4) is 11.5 Å². The van der Waals surface area contributed by atoms with Gasteiger partial charge in [-0.1, -0.05) is 84.9 Å². The van der Waals surface area contributed by atoms with Crippen LogP contribution < -0.4 is 9.47 Å². The van der Waals surface area contributed by atoms with E-state index in [1.165, 1.54) is 22.3 Å². The first-order chi connectivity index (χ1) is 16.0. The lowest BCUT2D eigenvalue weighted by atomic mass is 9.65. The van der Waals surface area contributed by atoms with Crippen molar-refractivity contribution in [2.75, 3.05) is 0 Å². The molecule has 0 spiro atoms. The predicted octanol–water partition coefficient (Wildman–Crippen LogP) is 7.64. The second-order valence-electron chi connectivity index (χ2n) is 8.86. The van der Waals surface area contributed by atoms with Gasteiger partial charge in [-0.25, -0.2) is 0 Å². The summed E-state index contributed by atoms with van der Waals surface area (Å²) in [6.07, 6.45) is 0.273. The monoisotopic (exact) mass is 436 g/mol. The molecule has 4 aromatic rings. The second kappa shape index (κ2) is 9.95. The Hall–Kier alpha value is -3.52. The van der Waals surface area contributed by atoms with Crippen LogP contribution in [-0.2, 0) is 5.41 Å². The van der Waals surface area contributed by atoms with E-state index < -0.39 is 5.41 Å². The zero-order chi connectivity index (χ0) is 23.3. The molecule has 0 aliphatic heterocycles. The molecular formula is C31H32O2. The first kappa shape index (κ1) is 22.7. The summed E-state index contributed by atoms with van der Waals surface area (Å²) < 4.78 is 11.9. The van der Waals surface area contributed by atoms with Gasteiger partial charge in [-0.15, -0.1) is 0 Å². The molecule has 0 unspecified atom stereocenters. The number of hydrogen-bond acceptors (Lipinski definition) is 2. The van der Waals surface area contributed by atoms with E-state index in [-0.39, 0.29) is 12.2 Å². The average molecular weight is 437 g/mol. The van der Waals surface area contributed by atoms with Gasteiger partial charge in [-0.3, -0.25) is 0 Å². The molecule has 0 aliphatic carbocycles. The predicted molar refractivity (Wildman–Crippen MR) is 136 cm³/mol. The molecule has 0 heterocycles. The first-order valence-electron chi connectivity index (χ1n) is 11.7. The standard InChI is InChI=1S/C31H32O2/c1-23(2)32-29-19-15-27(16-20-29)31(25-11-7-5-8-12-25,26-13-9-6-10-14-26)28-17-21-30(22-18-28)33-24(3)4/h5-24H,1-4H3. The molecule has 0 radical (unpaired) electrons. The number of hydrogen-bond donors (Lipinski definition) is 0. The van der Waals surface area contributed by atoms with Crippen molar-refractivity contribution in [3.63, 3.8) is 0 Å². The third-order valence-corrected chi connectivity index (χ3v) is 5.73. The summed E-state index contributed by atoms with van der Waals surface area (Å²) in [5.41, 5.74) is 4.33. The van der Waals surface area contributed by atoms with Crippen molar-refractivity contribution in [2.24, 2.45) is 0 Å². The number of benzene rings is 4. The Morgan fingerprint density at radius 3 is 1.03 bits per heavy atom. The van der Waals surface area contributed by atoms with Crippen LogP contribution in [0, 0.1) is 0 Å². The molecule has 4 aromatic carbocycles. The van der Waals surface area contributed by atoms with Crippen LogP contribution in [0.3, 0.4) is 0 Å². The molecule has 0 bridgehead atoms. The molecule has 0 aliphatic rings. The minimum Gasteiger partial charge on any atom is -0.491 e. The smallest absolute Gasteiger partial charge is 0.119 e. The van der Waals surface area contributed by atoms with Crippen LogP contribution in [0.5, 0.6) is 11.5 Å². The van der Waals surface area contributed by atoms with Crippen LogP contribution >= 0.6 is 0 Å². The lowest BCUT2D eigenvalue weighted by Crippen LogP contribution is -2.31. The van der Waals surface area contributed by atoms with Gasteiger partial charge < -0.3 is 9.47 Å². The van der Waals surface area contributed by atoms with Crippen molar-refractivity contribution >= 4 is 0 Å². The molecule has 0 fully saturated rings. The van der Waals surface area contributed by atoms with Crippen LogP contribution in [0.2, 0.25) is 0 Å². The first-order valence-corrected chi connectivity index (χ1v) is 11.7. The maximum atomic E-state index is 5.94. The molecule has 2 heteroatoms. The van der Waals surface area contributed by atoms with E-state index in [9.17, 15) is 0 Å². The van der Waals surface area contributed by atoms with Crippen LogP contribution in [0.4, 0.5) is 0 Å². The maximum Gasteiger partial charge on any atom is 0.119 e. The Bertz CT molecular complexity index is 1030. The molecule has 168 valence electrons. The lowest BCUT2D eigenvalue weighted by molar-refractivity contribution is 0.242. The fourth-order valence-electron chi connectivity index (χ4n) is 4.49. The zero-order valence-electron chi connectivity index (χ0n) is 19.9. The average Bonchev–Trinajstić information content (AvgIpc) is 2.82. The maximum absolute atomic E-state index is 5.94. The van der Waals surface area contributed by atoms with Crippen molar-refractivity contribution in [1.29, 1.82) is 0 Å². The third kappa shape index (κ3) is 4.80. The Morgan fingerprint density at radius 1 is 0.424 bits per heavy atom. The van der Waals surface area contributed by atoms with Crippen molar-refractivity contribution in [3.05, 3.63) is 131 Å². The largest absolute Gasteiger partial charge is 0.491 e. The highest BCUT2D eigenvalue weighted by Crippen LogP contribution is 2.45. The van der Waals surface area contributed by atoms with Crippen molar-refractivity contribution in [1.82, 2.24) is 0 Å². The molecule has 0 aromatic heterocycles. The van der Waals surface area contributed by atoms with E-state index in [1.807, 2.05) is 27.7 Å². The summed E-state index contributed by atoms with van der Waals surface area (Å²) in [4.78, 5) is 0. The zero-order valence-corrected chi connectivity index (χ0v) is 19.9. The van der Waals surface area contributed by atoms with Crippen LogP contribution in [0.15, 0.2) is 109 Å². The Morgan fingerprint density at radius 2 is 0.727 bits per heavy atom. The molecular weight excluding hydrogens is 404 g/mol. The normalized spacial score (nSPS) is 11.6. The van der Waals surface area contributed by atoms with E-state index in [1.54, 1.807) is 0 Å². The topological polar surface area (TPSA) is 18.5 Å². The van der Waals surface area contributed by atoms with E-state index >= 15 is 0 Å². The summed E-state index contributed by atoms with van der Waals surface area (Å²) in [6, 6.07) is 38.5. The van der Waals surface area contributed by atoms with E-state index in [4.69, 9.17) is 9.47 Å². The third-order valence-electron chi connectivity index (χ3n) is 5.73. The summed E-state index contributed by atoms with van der Waals surface area (Å²) in [7, 11) is 0. The summed E-state index contributed by atoms with van der Waals surface area (Å²) in [6.45, 7) is 8.19. The fourth-order valence-corrected chi connectivity index (χ4v) is 4.49. The summed E-state index contributed by atoms with van der Waals surface area (Å²) >= 11 is 0. The molecule has 4 rings (SSSR count). The highest BCUT2D eigenvalue weighted by Gasteiger charge is 2.38. The van der Waals surface area contributed by atoms with Crippen LogP contribution in [-0.4, -0.2) is 12.2 Å². The lowest BCUT2D eigenvalue weighted by Gasteiger charge is -2.37. The van der Waals surface area contributed by atoms with Gasteiger partial charge in [0.1, 0.15) is 11.5 Å². The van der Waals surface area contributed by atoms with Gasteiger partial charge in [0.2, 0.25) is 0 Å². The van der Waals surface area contributed by atoms with E-state index in [0.717, 1.165) is 11.5 Å². The summed E-state index contributed by atoms with van der Waals surface area (Å²) in [5.74, 6) is 1.76. The van der Waals surface area contributed by atoms with Gasteiger partial charge in [0.15, 0.2) is 0 Å². The van der Waals surface area contributed by atoms with Gasteiger partial charge in [-0.2, -0.15) is 0 Å². The number of rotatable bonds is 8. The highest BCUT2D eigenvalue weighted by atomic mass is 16.5. The quantitative estimate of drug-likeness (QED) is 0.264. The minimum absolute atomic E-state index is 0.136. The van der Waals surface area contributed by atoms with Crippen LogP contribution in [0.1, 0.15) is 49.9 Å². The van der Waals surface area contributed by atoms with Gasteiger partial charge in [0, 0.05) is 0 Å². The SMILES string of the molecule is CC(C)Oc1ccc(C(c2ccccc2)(c2ccccc2)c2ccc(OC(C)C)cc2)cc1. The molecule has 2 nitrogen and oxygen atoms in total.